The highest BCUT2D eigenvalue weighted by Gasteiger charge is 2.40. The van der Waals surface area contributed by atoms with Crippen LogP contribution in [0.4, 0.5) is 0 Å². The summed E-state index contributed by atoms with van der Waals surface area (Å²) in [6, 6.07) is 3.83. The smallest absolute Gasteiger partial charge is 0.224 e. The number of ketones is 2. The lowest BCUT2D eigenvalue weighted by atomic mass is 9.74. The van der Waals surface area contributed by atoms with Crippen LogP contribution in [0, 0.1) is 31.6 Å². The summed E-state index contributed by atoms with van der Waals surface area (Å²) in [5.41, 5.74) is 3.06. The summed E-state index contributed by atoms with van der Waals surface area (Å²) in [6.07, 6.45) is 0.210. The van der Waals surface area contributed by atoms with Gasteiger partial charge in [-0.15, -0.1) is 5.92 Å². The lowest BCUT2D eigenvalue weighted by Gasteiger charge is -2.30. The van der Waals surface area contributed by atoms with E-state index in [1.807, 2.05) is 46.8 Å². The number of hydrogen-bond donors (Lipinski definition) is 1. The van der Waals surface area contributed by atoms with Crippen molar-refractivity contribution in [2.75, 3.05) is 0 Å². The van der Waals surface area contributed by atoms with Gasteiger partial charge in [-0.05, 0) is 70.4 Å². The van der Waals surface area contributed by atoms with Crippen LogP contribution in [0.15, 0.2) is 12.1 Å². The molecular formula is C22H27NO3. The van der Waals surface area contributed by atoms with Gasteiger partial charge in [0.1, 0.15) is 17.5 Å². The van der Waals surface area contributed by atoms with E-state index in [2.05, 4.69) is 17.2 Å². The molecule has 0 bridgehead atoms. The van der Waals surface area contributed by atoms with E-state index in [4.69, 9.17) is 0 Å². The second-order valence-electron chi connectivity index (χ2n) is 8.11. The lowest BCUT2D eigenvalue weighted by molar-refractivity contribution is -0.140. The van der Waals surface area contributed by atoms with Crippen LogP contribution in [0.1, 0.15) is 68.7 Å². The van der Waals surface area contributed by atoms with Crippen molar-refractivity contribution in [3.63, 3.8) is 0 Å². The Bertz CT molecular complexity index is 777. The zero-order valence-corrected chi connectivity index (χ0v) is 16.4. The van der Waals surface area contributed by atoms with Crippen molar-refractivity contribution in [2.45, 2.75) is 65.8 Å². The largest absolute Gasteiger partial charge is 0.351 e. The zero-order valence-electron chi connectivity index (χ0n) is 16.4. The molecule has 0 radical (unpaired) electrons. The van der Waals surface area contributed by atoms with Gasteiger partial charge >= 0.3 is 0 Å². The SMILES string of the molecule is CC#Cc1cc(C)c(C2C(=O)CC(C(=O)NC(C)(C)C)CC2=O)c(C)c1. The van der Waals surface area contributed by atoms with Crippen LogP contribution in [-0.4, -0.2) is 23.0 Å². The number of hydrogen-bond acceptors (Lipinski definition) is 3. The molecule has 0 aromatic heterocycles. The molecule has 4 heteroatoms. The normalized spacial score (nSPS) is 20.4. The monoisotopic (exact) mass is 353 g/mol. The Morgan fingerprint density at radius 3 is 2.00 bits per heavy atom. The summed E-state index contributed by atoms with van der Waals surface area (Å²) in [5.74, 6) is 3.97. The molecule has 1 aliphatic carbocycles. The maximum Gasteiger partial charge on any atom is 0.224 e. The van der Waals surface area contributed by atoms with Gasteiger partial charge in [-0.25, -0.2) is 0 Å². The molecule has 1 aliphatic rings. The average Bonchev–Trinajstić information content (AvgIpc) is 2.47. The van der Waals surface area contributed by atoms with Crippen LogP contribution in [0.5, 0.6) is 0 Å². The van der Waals surface area contributed by atoms with Gasteiger partial charge in [0, 0.05) is 23.9 Å². The summed E-state index contributed by atoms with van der Waals surface area (Å²) in [4.78, 5) is 37.9. The Kier molecular flexibility index (Phi) is 5.71. The molecule has 138 valence electrons. The van der Waals surface area contributed by atoms with Gasteiger partial charge in [0.05, 0.1) is 5.92 Å². The number of Topliss-reactive ketones (excluding diaryl/α,β-unsaturated/α-hetero) is 2. The van der Waals surface area contributed by atoms with Crippen molar-refractivity contribution < 1.29 is 14.4 Å². The summed E-state index contributed by atoms with van der Waals surface area (Å²) in [6.45, 7) is 11.2. The third-order valence-electron chi connectivity index (χ3n) is 4.56. The van der Waals surface area contributed by atoms with Crippen LogP contribution in [0.3, 0.4) is 0 Å². The molecule has 0 unspecified atom stereocenters. The fourth-order valence-electron chi connectivity index (χ4n) is 3.60. The van der Waals surface area contributed by atoms with Crippen molar-refractivity contribution in [1.82, 2.24) is 5.32 Å². The summed E-state index contributed by atoms with van der Waals surface area (Å²) in [7, 11) is 0. The molecule has 0 spiro atoms. The molecule has 0 heterocycles. The molecule has 0 aliphatic heterocycles. The lowest BCUT2D eigenvalue weighted by Crippen LogP contribution is -2.47. The Hall–Kier alpha value is -2.41. The minimum absolute atomic E-state index is 0.105. The molecule has 2 rings (SSSR count). The first-order chi connectivity index (χ1) is 12.0. The first kappa shape index (κ1) is 19.9. The quantitative estimate of drug-likeness (QED) is 0.656. The number of carbonyl (C=O) groups is 3. The molecule has 1 fully saturated rings. The molecular weight excluding hydrogens is 326 g/mol. The molecule has 1 amide bonds. The summed E-state index contributed by atoms with van der Waals surface area (Å²) < 4.78 is 0. The number of nitrogens with one attached hydrogen (secondary N) is 1. The fraction of sp³-hybridized carbons (Fsp3) is 0.500. The third-order valence-corrected chi connectivity index (χ3v) is 4.56. The van der Waals surface area contributed by atoms with Crippen LogP contribution < -0.4 is 5.32 Å². The van der Waals surface area contributed by atoms with Gasteiger partial charge in [-0.1, -0.05) is 5.92 Å². The number of carbonyl (C=O) groups excluding carboxylic acids is 3. The Balaban J connectivity index is 2.29. The Morgan fingerprint density at radius 2 is 1.58 bits per heavy atom. The highest BCUT2D eigenvalue weighted by Crippen LogP contribution is 2.34. The van der Waals surface area contributed by atoms with Crippen molar-refractivity contribution in [3.05, 3.63) is 34.4 Å². The van der Waals surface area contributed by atoms with Gasteiger partial charge in [-0.2, -0.15) is 0 Å². The Labute approximate surface area is 155 Å². The molecule has 1 saturated carbocycles. The molecule has 1 aromatic rings. The molecule has 1 aromatic carbocycles. The number of aryl methyl sites for hydroxylation is 2. The van der Waals surface area contributed by atoms with Crippen molar-refractivity contribution >= 4 is 17.5 Å². The molecule has 26 heavy (non-hydrogen) atoms. The predicted molar refractivity (Wildman–Crippen MR) is 102 cm³/mol. The topological polar surface area (TPSA) is 63.2 Å². The van der Waals surface area contributed by atoms with E-state index in [-0.39, 0.29) is 35.9 Å². The fourth-order valence-corrected chi connectivity index (χ4v) is 3.60. The van der Waals surface area contributed by atoms with E-state index in [9.17, 15) is 14.4 Å². The number of benzene rings is 1. The maximum atomic E-state index is 12.8. The average molecular weight is 353 g/mol. The second kappa shape index (κ2) is 7.45. The van der Waals surface area contributed by atoms with Crippen LogP contribution in [0.25, 0.3) is 0 Å². The van der Waals surface area contributed by atoms with Gasteiger partial charge in [0.15, 0.2) is 0 Å². The predicted octanol–water partition coefficient (Wildman–Crippen LogP) is 3.22. The second-order valence-corrected chi connectivity index (χ2v) is 8.11. The maximum absolute atomic E-state index is 12.8. The summed E-state index contributed by atoms with van der Waals surface area (Å²) in [5, 5.41) is 2.87. The van der Waals surface area contributed by atoms with E-state index in [1.54, 1.807) is 6.92 Å². The van der Waals surface area contributed by atoms with Crippen LogP contribution in [0.2, 0.25) is 0 Å². The van der Waals surface area contributed by atoms with E-state index >= 15 is 0 Å². The first-order valence-electron chi connectivity index (χ1n) is 8.95. The standard InChI is InChI=1S/C22H27NO3/c1-7-8-15-9-13(2)19(14(3)10-15)20-17(24)11-16(12-18(20)25)21(26)23-22(4,5)6/h9-10,16,20H,11-12H2,1-6H3,(H,23,26). The van der Waals surface area contributed by atoms with Gasteiger partial charge in [0.25, 0.3) is 0 Å². The van der Waals surface area contributed by atoms with E-state index in [1.165, 1.54) is 0 Å². The van der Waals surface area contributed by atoms with Gasteiger partial charge < -0.3 is 5.32 Å². The minimum atomic E-state index is -0.766. The highest BCUT2D eigenvalue weighted by atomic mass is 16.2. The zero-order chi connectivity index (χ0) is 19.6. The van der Waals surface area contributed by atoms with Crippen molar-refractivity contribution in [1.29, 1.82) is 0 Å². The van der Waals surface area contributed by atoms with Gasteiger partial charge in [-0.3, -0.25) is 14.4 Å². The Morgan fingerprint density at radius 1 is 1.08 bits per heavy atom. The third kappa shape index (κ3) is 4.40. The van der Waals surface area contributed by atoms with Crippen molar-refractivity contribution in [2.24, 2.45) is 5.92 Å². The summed E-state index contributed by atoms with van der Waals surface area (Å²) >= 11 is 0. The van der Waals surface area contributed by atoms with E-state index in [0.717, 1.165) is 22.3 Å². The van der Waals surface area contributed by atoms with Gasteiger partial charge in [0.2, 0.25) is 5.91 Å². The molecule has 1 N–H and O–H groups in total. The minimum Gasteiger partial charge on any atom is -0.351 e. The molecule has 0 saturated heterocycles. The van der Waals surface area contributed by atoms with E-state index in [0.29, 0.717) is 0 Å². The highest BCUT2D eigenvalue weighted by molar-refractivity contribution is 6.12. The van der Waals surface area contributed by atoms with Crippen LogP contribution >= 0.6 is 0 Å². The molecule has 0 atom stereocenters. The van der Waals surface area contributed by atoms with E-state index < -0.39 is 11.8 Å². The van der Waals surface area contributed by atoms with Crippen molar-refractivity contribution in [3.8, 4) is 11.8 Å². The number of amides is 1. The number of rotatable bonds is 2. The van der Waals surface area contributed by atoms with Crippen LogP contribution in [-0.2, 0) is 14.4 Å². The molecule has 4 nitrogen and oxygen atoms in total. The first-order valence-corrected chi connectivity index (χ1v) is 8.95.